The van der Waals surface area contributed by atoms with Crippen LogP contribution in [0.25, 0.3) is 5.69 Å². The van der Waals surface area contributed by atoms with Crippen LogP contribution in [-0.2, 0) is 17.4 Å². The molecule has 0 saturated heterocycles. The van der Waals surface area contributed by atoms with Gasteiger partial charge in [-0.25, -0.2) is 4.68 Å². The van der Waals surface area contributed by atoms with Crippen molar-refractivity contribution < 1.29 is 22.8 Å². The van der Waals surface area contributed by atoms with E-state index in [1.165, 1.54) is 24.3 Å². The number of amides is 2. The standard InChI is InChI=1S/C19H14ClF3N4O2/c20-13-7-4-8-14(10-13)27-17(19(21,22)23)15(11-24-27)18(29)26-25-16(28)9-12-5-2-1-3-6-12/h1-8,10-11H,9H2,(H,25,28)(H,26,29). The van der Waals surface area contributed by atoms with Gasteiger partial charge in [-0.15, -0.1) is 0 Å². The molecule has 6 nitrogen and oxygen atoms in total. The maximum Gasteiger partial charge on any atom is 0.434 e. The van der Waals surface area contributed by atoms with E-state index in [2.05, 4.69) is 10.5 Å². The Morgan fingerprint density at radius 1 is 1.03 bits per heavy atom. The molecule has 0 unspecified atom stereocenters. The second-order valence-corrected chi connectivity index (χ2v) is 6.40. The second kappa shape index (κ2) is 8.36. The number of nitrogens with zero attached hydrogens (tertiary/aromatic N) is 2. The van der Waals surface area contributed by atoms with Gasteiger partial charge in [-0.2, -0.15) is 18.3 Å². The van der Waals surface area contributed by atoms with E-state index < -0.39 is 29.2 Å². The maximum atomic E-state index is 13.6. The summed E-state index contributed by atoms with van der Waals surface area (Å²) >= 11 is 5.83. The van der Waals surface area contributed by atoms with Crippen LogP contribution in [0.5, 0.6) is 0 Å². The lowest BCUT2D eigenvalue weighted by Crippen LogP contribution is -2.42. The topological polar surface area (TPSA) is 76.0 Å². The highest BCUT2D eigenvalue weighted by Crippen LogP contribution is 2.34. The van der Waals surface area contributed by atoms with Gasteiger partial charge in [0.25, 0.3) is 5.91 Å². The number of rotatable bonds is 4. The van der Waals surface area contributed by atoms with Crippen LogP contribution in [0.2, 0.25) is 5.02 Å². The molecule has 10 heteroatoms. The molecule has 0 aliphatic heterocycles. The van der Waals surface area contributed by atoms with Gasteiger partial charge in [0.2, 0.25) is 5.91 Å². The lowest BCUT2D eigenvalue weighted by molar-refractivity contribution is -0.143. The van der Waals surface area contributed by atoms with E-state index in [0.717, 1.165) is 6.20 Å². The number of halogens is 4. The van der Waals surface area contributed by atoms with Crippen molar-refractivity contribution in [3.05, 3.63) is 82.6 Å². The molecule has 0 atom stereocenters. The van der Waals surface area contributed by atoms with Crippen LogP contribution in [0.15, 0.2) is 60.8 Å². The van der Waals surface area contributed by atoms with Gasteiger partial charge in [0.15, 0.2) is 5.69 Å². The Labute approximate surface area is 168 Å². The van der Waals surface area contributed by atoms with Crippen molar-refractivity contribution >= 4 is 23.4 Å². The van der Waals surface area contributed by atoms with Crippen molar-refractivity contribution in [3.63, 3.8) is 0 Å². The number of carbonyl (C=O) groups is 2. The SMILES string of the molecule is O=C(Cc1ccccc1)NNC(=O)c1cnn(-c2cccc(Cl)c2)c1C(F)(F)F. The van der Waals surface area contributed by atoms with Gasteiger partial charge in [0.1, 0.15) is 0 Å². The van der Waals surface area contributed by atoms with Crippen molar-refractivity contribution in [2.24, 2.45) is 0 Å². The molecule has 0 aliphatic rings. The average Bonchev–Trinajstić information content (AvgIpc) is 3.13. The van der Waals surface area contributed by atoms with Gasteiger partial charge >= 0.3 is 6.18 Å². The summed E-state index contributed by atoms with van der Waals surface area (Å²) in [5.74, 6) is -1.73. The number of benzene rings is 2. The normalized spacial score (nSPS) is 11.2. The number of hydrogen-bond acceptors (Lipinski definition) is 3. The third kappa shape index (κ3) is 4.94. The summed E-state index contributed by atoms with van der Waals surface area (Å²) in [5, 5.41) is 3.89. The minimum atomic E-state index is -4.88. The molecule has 0 saturated carbocycles. The van der Waals surface area contributed by atoms with Crippen LogP contribution < -0.4 is 10.9 Å². The van der Waals surface area contributed by atoms with Gasteiger partial charge in [-0.1, -0.05) is 48.0 Å². The van der Waals surface area contributed by atoms with Gasteiger partial charge in [-0.3, -0.25) is 20.4 Å². The fourth-order valence-electron chi connectivity index (χ4n) is 2.61. The Bertz CT molecular complexity index is 1040. The van der Waals surface area contributed by atoms with Gasteiger partial charge in [0.05, 0.1) is 23.9 Å². The van der Waals surface area contributed by atoms with Crippen molar-refractivity contribution in [1.29, 1.82) is 0 Å². The van der Waals surface area contributed by atoms with Crippen molar-refractivity contribution in [3.8, 4) is 5.69 Å². The number of aromatic nitrogens is 2. The van der Waals surface area contributed by atoms with Crippen molar-refractivity contribution in [2.45, 2.75) is 12.6 Å². The minimum Gasteiger partial charge on any atom is -0.273 e. The molecule has 1 heterocycles. The van der Waals surface area contributed by atoms with E-state index in [-0.39, 0.29) is 17.1 Å². The predicted molar refractivity (Wildman–Crippen MR) is 99.3 cm³/mol. The Balaban J connectivity index is 1.79. The molecule has 3 rings (SSSR count). The summed E-state index contributed by atoms with van der Waals surface area (Å²) in [6.45, 7) is 0. The molecule has 1 aromatic heterocycles. The van der Waals surface area contributed by atoms with E-state index in [0.29, 0.717) is 10.2 Å². The lowest BCUT2D eigenvalue weighted by Gasteiger charge is -2.13. The summed E-state index contributed by atoms with van der Waals surface area (Å²) in [4.78, 5) is 24.2. The molecule has 150 valence electrons. The van der Waals surface area contributed by atoms with Crippen LogP contribution in [0.1, 0.15) is 21.6 Å². The van der Waals surface area contributed by atoms with Crippen LogP contribution in [0.4, 0.5) is 13.2 Å². The monoisotopic (exact) mass is 422 g/mol. The van der Waals surface area contributed by atoms with E-state index >= 15 is 0 Å². The molecule has 29 heavy (non-hydrogen) atoms. The quantitative estimate of drug-likeness (QED) is 0.631. The highest BCUT2D eigenvalue weighted by Gasteiger charge is 2.40. The Morgan fingerprint density at radius 3 is 2.41 bits per heavy atom. The average molecular weight is 423 g/mol. The van der Waals surface area contributed by atoms with Gasteiger partial charge in [-0.05, 0) is 23.8 Å². The summed E-state index contributed by atoms with van der Waals surface area (Å²) in [5.41, 5.74) is 2.79. The van der Waals surface area contributed by atoms with Crippen LogP contribution in [-0.4, -0.2) is 21.6 Å². The first kappa shape index (κ1) is 20.4. The fraction of sp³-hybridized carbons (Fsp3) is 0.105. The van der Waals surface area contributed by atoms with E-state index in [9.17, 15) is 22.8 Å². The second-order valence-electron chi connectivity index (χ2n) is 5.96. The van der Waals surface area contributed by atoms with Crippen LogP contribution >= 0.6 is 11.6 Å². The summed E-state index contributed by atoms with van der Waals surface area (Å²) in [6.07, 6.45) is -4.14. The molecular formula is C19H14ClF3N4O2. The zero-order chi connectivity index (χ0) is 21.0. The molecule has 0 radical (unpaired) electrons. The third-order valence-electron chi connectivity index (χ3n) is 3.86. The smallest absolute Gasteiger partial charge is 0.273 e. The Hall–Kier alpha value is -3.33. The van der Waals surface area contributed by atoms with Crippen LogP contribution in [0.3, 0.4) is 0 Å². The molecule has 0 bridgehead atoms. The summed E-state index contributed by atoms with van der Waals surface area (Å²) < 4.78 is 41.4. The zero-order valence-electron chi connectivity index (χ0n) is 14.7. The lowest BCUT2D eigenvalue weighted by atomic mass is 10.1. The molecule has 0 fully saturated rings. The van der Waals surface area contributed by atoms with Gasteiger partial charge < -0.3 is 0 Å². The largest absolute Gasteiger partial charge is 0.434 e. The fourth-order valence-corrected chi connectivity index (χ4v) is 2.79. The number of alkyl halides is 3. The molecular weight excluding hydrogens is 409 g/mol. The predicted octanol–water partition coefficient (Wildman–Crippen LogP) is 3.55. The zero-order valence-corrected chi connectivity index (χ0v) is 15.5. The molecule has 0 spiro atoms. The Kier molecular flexibility index (Phi) is 5.88. The number of carbonyl (C=O) groups excluding carboxylic acids is 2. The van der Waals surface area contributed by atoms with Crippen molar-refractivity contribution in [2.75, 3.05) is 0 Å². The highest BCUT2D eigenvalue weighted by atomic mass is 35.5. The first-order chi connectivity index (χ1) is 13.8. The third-order valence-corrected chi connectivity index (χ3v) is 4.09. The molecule has 0 aliphatic carbocycles. The van der Waals surface area contributed by atoms with E-state index in [1.807, 2.05) is 5.43 Å². The highest BCUT2D eigenvalue weighted by molar-refractivity contribution is 6.30. The molecule has 2 aromatic carbocycles. The van der Waals surface area contributed by atoms with Crippen LogP contribution in [0, 0.1) is 0 Å². The number of hydrazine groups is 1. The first-order valence-electron chi connectivity index (χ1n) is 8.30. The Morgan fingerprint density at radius 2 is 1.76 bits per heavy atom. The number of nitrogens with one attached hydrogen (secondary N) is 2. The summed E-state index contributed by atoms with van der Waals surface area (Å²) in [6, 6.07) is 14.3. The van der Waals surface area contributed by atoms with E-state index in [4.69, 9.17) is 11.6 Å². The maximum absolute atomic E-state index is 13.6. The number of hydrogen-bond donors (Lipinski definition) is 2. The molecule has 3 aromatic rings. The minimum absolute atomic E-state index is 0.0389. The molecule has 2 N–H and O–H groups in total. The summed E-state index contributed by atoms with van der Waals surface area (Å²) in [7, 11) is 0. The first-order valence-corrected chi connectivity index (χ1v) is 8.68. The van der Waals surface area contributed by atoms with E-state index in [1.54, 1.807) is 30.3 Å². The van der Waals surface area contributed by atoms with Gasteiger partial charge in [0, 0.05) is 5.02 Å². The van der Waals surface area contributed by atoms with Crippen molar-refractivity contribution in [1.82, 2.24) is 20.6 Å². The molecule has 2 amide bonds.